The predicted molar refractivity (Wildman–Crippen MR) is 135 cm³/mol. The van der Waals surface area contributed by atoms with Crippen molar-refractivity contribution >= 4 is 11.9 Å². The maximum Gasteiger partial charge on any atom is 0.319 e. The van der Waals surface area contributed by atoms with Crippen LogP contribution in [0.15, 0.2) is 42.6 Å². The lowest BCUT2D eigenvalue weighted by Crippen LogP contribution is -2.49. The van der Waals surface area contributed by atoms with Crippen LogP contribution in [0.2, 0.25) is 0 Å². The fourth-order valence-corrected chi connectivity index (χ4v) is 4.70. The van der Waals surface area contributed by atoms with E-state index >= 15 is 0 Å². The molecule has 1 aliphatic carbocycles. The minimum Gasteiger partial charge on any atom is -0.385 e. The highest BCUT2D eigenvalue weighted by atomic mass is 19.1. The van der Waals surface area contributed by atoms with Gasteiger partial charge in [-0.3, -0.25) is 4.79 Å². The zero-order valence-electron chi connectivity index (χ0n) is 21.3. The molecule has 1 saturated carbocycles. The maximum absolute atomic E-state index is 13.7. The van der Waals surface area contributed by atoms with Crippen molar-refractivity contribution in [3.05, 3.63) is 59.7 Å². The first-order valence-electron chi connectivity index (χ1n) is 12.5. The Hall–Kier alpha value is -2.87. The van der Waals surface area contributed by atoms with Crippen molar-refractivity contribution in [3.63, 3.8) is 0 Å². The van der Waals surface area contributed by atoms with Gasteiger partial charge in [0.25, 0.3) is 0 Å². The molecule has 1 aromatic heterocycles. The molecule has 0 N–H and O–H groups in total. The summed E-state index contributed by atoms with van der Waals surface area (Å²) in [5.74, 6) is -0.281. The van der Waals surface area contributed by atoms with E-state index in [4.69, 9.17) is 4.74 Å². The van der Waals surface area contributed by atoms with Gasteiger partial charge in [-0.2, -0.15) is 0 Å². The molecule has 0 atom stereocenters. The van der Waals surface area contributed by atoms with E-state index < -0.39 is 0 Å². The van der Waals surface area contributed by atoms with Crippen molar-refractivity contribution in [2.45, 2.75) is 57.7 Å². The van der Waals surface area contributed by atoms with Crippen molar-refractivity contribution in [3.8, 4) is 0 Å². The van der Waals surface area contributed by atoms with Crippen molar-refractivity contribution in [2.24, 2.45) is 0 Å². The number of methoxy groups -OCH3 is 1. The van der Waals surface area contributed by atoms with Gasteiger partial charge >= 0.3 is 6.03 Å². The summed E-state index contributed by atoms with van der Waals surface area (Å²) in [6.45, 7) is 2.15. The summed E-state index contributed by atoms with van der Waals surface area (Å²) in [5.41, 5.74) is 2.03. The molecule has 2 aromatic rings. The molecular formula is C27H39FN4O3. The number of hydrogen-bond donors (Lipinski definition) is 0. The first kappa shape index (κ1) is 26.7. The van der Waals surface area contributed by atoms with Crippen LogP contribution in [0.1, 0.15) is 49.8 Å². The molecule has 1 aliphatic rings. The average molecular weight is 487 g/mol. The largest absolute Gasteiger partial charge is 0.385 e. The zero-order valence-corrected chi connectivity index (χ0v) is 21.3. The Morgan fingerprint density at radius 1 is 1.09 bits per heavy atom. The number of benzene rings is 1. The van der Waals surface area contributed by atoms with Crippen LogP contribution in [0.4, 0.5) is 9.18 Å². The van der Waals surface area contributed by atoms with Gasteiger partial charge in [0, 0.05) is 58.8 Å². The number of urea groups is 1. The maximum atomic E-state index is 13.7. The first-order chi connectivity index (χ1) is 16.9. The summed E-state index contributed by atoms with van der Waals surface area (Å²) in [5, 5.41) is 0. The fourth-order valence-electron chi connectivity index (χ4n) is 4.70. The number of hydrogen-bond acceptors (Lipinski definition) is 3. The summed E-state index contributed by atoms with van der Waals surface area (Å²) < 4.78 is 20.6. The van der Waals surface area contributed by atoms with Gasteiger partial charge in [0.15, 0.2) is 0 Å². The van der Waals surface area contributed by atoms with Crippen LogP contribution in [0, 0.1) is 5.82 Å². The van der Waals surface area contributed by atoms with E-state index in [0.717, 1.165) is 36.9 Å². The lowest BCUT2D eigenvalue weighted by molar-refractivity contribution is -0.135. The lowest BCUT2D eigenvalue weighted by atomic mass is 9.94. The van der Waals surface area contributed by atoms with Crippen molar-refractivity contribution < 1.29 is 18.7 Å². The minimum atomic E-state index is -0.252. The van der Waals surface area contributed by atoms with Crippen molar-refractivity contribution in [2.75, 3.05) is 40.9 Å². The summed E-state index contributed by atoms with van der Waals surface area (Å²) in [6, 6.07) is 10.5. The van der Waals surface area contributed by atoms with Gasteiger partial charge < -0.3 is 24.0 Å². The number of aromatic nitrogens is 1. The van der Waals surface area contributed by atoms with E-state index in [0.29, 0.717) is 32.7 Å². The molecule has 0 spiro atoms. The number of halogens is 1. The zero-order chi connectivity index (χ0) is 25.2. The molecule has 1 heterocycles. The minimum absolute atomic E-state index is 0.0287. The Balaban J connectivity index is 1.77. The number of ether oxygens (including phenoxy) is 1. The molecular weight excluding hydrogens is 447 g/mol. The quantitative estimate of drug-likeness (QED) is 0.444. The topological polar surface area (TPSA) is 58.0 Å². The summed E-state index contributed by atoms with van der Waals surface area (Å²) in [6.07, 6.45) is 8.05. The van der Waals surface area contributed by atoms with Gasteiger partial charge in [-0.15, -0.1) is 0 Å². The number of rotatable bonds is 11. The third-order valence-corrected chi connectivity index (χ3v) is 6.61. The molecule has 192 valence electrons. The van der Waals surface area contributed by atoms with Crippen molar-refractivity contribution in [1.29, 1.82) is 0 Å². The summed E-state index contributed by atoms with van der Waals surface area (Å²) in [4.78, 5) is 31.6. The Bertz CT molecular complexity index is 938. The standard InChI is InChI=1S/C27H39FN4O3/c1-29(2)27(34)31(17-8-18-35-3)21-26(33)32(24-9-5-4-6-10-24)20-25-11-7-16-30(25)19-22-12-14-23(28)15-13-22/h7,11-16,24H,4-6,8-10,17-21H2,1-3H3. The Morgan fingerprint density at radius 3 is 2.46 bits per heavy atom. The van der Waals surface area contributed by atoms with Gasteiger partial charge in [0.1, 0.15) is 12.4 Å². The highest BCUT2D eigenvalue weighted by Gasteiger charge is 2.29. The third-order valence-electron chi connectivity index (χ3n) is 6.61. The molecule has 0 saturated heterocycles. The Morgan fingerprint density at radius 2 is 1.80 bits per heavy atom. The second kappa shape index (κ2) is 13.3. The monoisotopic (exact) mass is 486 g/mol. The SMILES string of the molecule is COCCCN(CC(=O)N(Cc1cccn1Cc1ccc(F)cc1)C1CCCCC1)C(=O)N(C)C. The van der Waals surface area contributed by atoms with Gasteiger partial charge in [0.05, 0.1) is 6.54 Å². The molecule has 8 heteroatoms. The lowest BCUT2D eigenvalue weighted by Gasteiger charge is -2.36. The van der Waals surface area contributed by atoms with Crippen molar-refractivity contribution in [1.82, 2.24) is 19.3 Å². The molecule has 1 aromatic carbocycles. The van der Waals surface area contributed by atoms with Crippen LogP contribution in [-0.2, 0) is 22.6 Å². The van der Waals surface area contributed by atoms with E-state index in [-0.39, 0.29) is 30.3 Å². The van der Waals surface area contributed by atoms with E-state index in [1.54, 1.807) is 38.2 Å². The first-order valence-corrected chi connectivity index (χ1v) is 12.5. The van der Waals surface area contributed by atoms with E-state index in [2.05, 4.69) is 4.57 Å². The molecule has 3 rings (SSSR count). The van der Waals surface area contributed by atoms with E-state index in [9.17, 15) is 14.0 Å². The average Bonchev–Trinajstić information content (AvgIpc) is 3.29. The number of amides is 3. The molecule has 0 unspecified atom stereocenters. The number of carbonyl (C=O) groups is 2. The normalized spacial score (nSPS) is 14.1. The molecule has 0 aliphatic heterocycles. The number of carbonyl (C=O) groups excluding carboxylic acids is 2. The van der Waals surface area contributed by atoms with Crippen LogP contribution in [-0.4, -0.2) is 78.1 Å². The Labute approximate surface area is 208 Å². The second-order valence-corrected chi connectivity index (χ2v) is 9.51. The van der Waals surface area contributed by atoms with E-state index in [1.165, 1.54) is 23.5 Å². The third kappa shape index (κ3) is 7.82. The van der Waals surface area contributed by atoms with Crippen LogP contribution in [0.5, 0.6) is 0 Å². The number of nitrogens with zero attached hydrogens (tertiary/aromatic N) is 4. The predicted octanol–water partition coefficient (Wildman–Crippen LogP) is 4.36. The van der Waals surface area contributed by atoms with E-state index in [1.807, 2.05) is 23.2 Å². The highest BCUT2D eigenvalue weighted by Crippen LogP contribution is 2.25. The molecule has 0 radical (unpaired) electrons. The van der Waals surface area contributed by atoms with Gasteiger partial charge in [-0.25, -0.2) is 9.18 Å². The smallest absolute Gasteiger partial charge is 0.319 e. The van der Waals surface area contributed by atoms with Crippen LogP contribution < -0.4 is 0 Å². The molecule has 1 fully saturated rings. The van der Waals surface area contributed by atoms with Gasteiger partial charge in [-0.1, -0.05) is 31.4 Å². The highest BCUT2D eigenvalue weighted by molar-refractivity contribution is 5.84. The molecule has 35 heavy (non-hydrogen) atoms. The van der Waals surface area contributed by atoms with Crippen LogP contribution in [0.25, 0.3) is 0 Å². The summed E-state index contributed by atoms with van der Waals surface area (Å²) in [7, 11) is 5.05. The Kier molecular flexibility index (Phi) is 10.1. The fraction of sp³-hybridized carbons (Fsp3) is 0.556. The molecule has 7 nitrogen and oxygen atoms in total. The van der Waals surface area contributed by atoms with Crippen LogP contribution in [0.3, 0.4) is 0 Å². The van der Waals surface area contributed by atoms with Gasteiger partial charge in [0.2, 0.25) is 5.91 Å². The molecule has 0 bridgehead atoms. The summed E-state index contributed by atoms with van der Waals surface area (Å²) >= 11 is 0. The second-order valence-electron chi connectivity index (χ2n) is 9.51. The van der Waals surface area contributed by atoms with Gasteiger partial charge in [-0.05, 0) is 49.1 Å². The van der Waals surface area contributed by atoms with Crippen LogP contribution >= 0.6 is 0 Å². The molecule has 3 amide bonds.